The molecule has 3 heterocycles. The van der Waals surface area contributed by atoms with Crippen molar-refractivity contribution in [3.63, 3.8) is 0 Å². The van der Waals surface area contributed by atoms with Gasteiger partial charge in [-0.25, -0.2) is 15.0 Å². The highest BCUT2D eigenvalue weighted by Crippen LogP contribution is 2.33. The lowest BCUT2D eigenvalue weighted by molar-refractivity contribution is -0.0962. The number of ether oxygens (including phenoxy) is 1. The van der Waals surface area contributed by atoms with Gasteiger partial charge in [0.05, 0.1) is 12.9 Å². The second-order valence-electron chi connectivity index (χ2n) is 4.81. The van der Waals surface area contributed by atoms with Crippen LogP contribution < -0.4 is 5.73 Å². The molecule has 1 aliphatic rings. The summed E-state index contributed by atoms with van der Waals surface area (Å²) in [6.07, 6.45) is -3.51. The molecule has 10 nitrogen and oxygen atoms in total. The number of fused-ring (bicyclic) bond motifs is 1. The van der Waals surface area contributed by atoms with Crippen molar-refractivity contribution in [3.05, 3.63) is 12.7 Å². The predicted molar refractivity (Wildman–Crippen MR) is 68.8 cm³/mol. The second-order valence-corrected chi connectivity index (χ2v) is 4.81. The van der Waals surface area contributed by atoms with E-state index in [9.17, 15) is 15.3 Å². The van der Waals surface area contributed by atoms with Crippen LogP contribution >= 0.6 is 0 Å². The zero-order valence-electron chi connectivity index (χ0n) is 10.8. The maximum Gasteiger partial charge on any atom is 0.167 e. The van der Waals surface area contributed by atoms with Crippen molar-refractivity contribution in [3.8, 4) is 0 Å². The van der Waals surface area contributed by atoms with Crippen LogP contribution in [0.2, 0.25) is 0 Å². The number of anilines is 1. The highest BCUT2D eigenvalue weighted by molar-refractivity contribution is 5.81. The fourth-order valence-electron chi connectivity index (χ4n) is 2.39. The number of imidazole rings is 1. The molecule has 0 aromatic carbocycles. The number of nitrogen functional groups attached to an aromatic ring is 1. The Kier molecular flexibility index (Phi) is 3.47. The van der Waals surface area contributed by atoms with E-state index in [0.717, 1.165) is 0 Å². The number of aliphatic hydroxyl groups is 4. The third kappa shape index (κ3) is 2.13. The summed E-state index contributed by atoms with van der Waals surface area (Å²) < 4.78 is 6.84. The van der Waals surface area contributed by atoms with Gasteiger partial charge >= 0.3 is 0 Å². The lowest BCUT2D eigenvalue weighted by Crippen LogP contribution is -2.40. The number of nitrogens with zero attached hydrogens (tertiary/aromatic N) is 4. The van der Waals surface area contributed by atoms with Gasteiger partial charge in [-0.15, -0.1) is 0 Å². The lowest BCUT2D eigenvalue weighted by atomic mass is 10.1. The summed E-state index contributed by atoms with van der Waals surface area (Å²) in [5, 5.41) is 38.5. The van der Waals surface area contributed by atoms with E-state index in [4.69, 9.17) is 15.6 Å². The van der Waals surface area contributed by atoms with E-state index < -0.39 is 37.3 Å². The van der Waals surface area contributed by atoms with E-state index in [-0.39, 0.29) is 5.82 Å². The standard InChI is InChI=1S/C11H15N5O5/c12-9-5-10(14-2-13-9)16(3-15-5)11-7(20)6(19)8(21-11)4(18)1-17/h2-4,6-8,11,17-20H,1H2,(H2,12,13,14)/t4?,6-,7-,8-,11-/m1/s1. The molecule has 21 heavy (non-hydrogen) atoms. The molecule has 6 N–H and O–H groups in total. The molecule has 3 rings (SSSR count). The van der Waals surface area contributed by atoms with Crippen molar-refractivity contribution in [2.45, 2.75) is 30.6 Å². The van der Waals surface area contributed by atoms with Gasteiger partial charge in [0, 0.05) is 0 Å². The minimum absolute atomic E-state index is 0.179. The zero-order chi connectivity index (χ0) is 15.1. The summed E-state index contributed by atoms with van der Waals surface area (Å²) in [5.74, 6) is 0.179. The number of aliphatic hydroxyl groups excluding tert-OH is 4. The van der Waals surface area contributed by atoms with Gasteiger partial charge in [-0.1, -0.05) is 0 Å². The van der Waals surface area contributed by atoms with E-state index in [0.29, 0.717) is 11.2 Å². The quantitative estimate of drug-likeness (QED) is 0.408. The fraction of sp³-hybridized carbons (Fsp3) is 0.545. The normalized spacial score (nSPS) is 30.9. The van der Waals surface area contributed by atoms with Crippen LogP contribution in [0.1, 0.15) is 6.23 Å². The number of hydrogen-bond acceptors (Lipinski definition) is 9. The minimum atomic E-state index is -1.35. The van der Waals surface area contributed by atoms with Gasteiger partial charge in [-0.05, 0) is 0 Å². The van der Waals surface area contributed by atoms with Crippen LogP contribution in [0.25, 0.3) is 11.2 Å². The predicted octanol–water partition coefficient (Wildman–Crippen LogP) is -2.62. The summed E-state index contributed by atoms with van der Waals surface area (Å²) in [7, 11) is 0. The van der Waals surface area contributed by atoms with Gasteiger partial charge < -0.3 is 30.9 Å². The number of aromatic nitrogens is 4. The van der Waals surface area contributed by atoms with E-state index >= 15 is 0 Å². The molecule has 10 heteroatoms. The van der Waals surface area contributed by atoms with Crippen molar-refractivity contribution in [2.75, 3.05) is 12.3 Å². The van der Waals surface area contributed by atoms with Gasteiger partial charge in [0.2, 0.25) is 0 Å². The first-order valence-electron chi connectivity index (χ1n) is 6.28. The molecule has 0 radical (unpaired) electrons. The molecule has 0 spiro atoms. The molecular weight excluding hydrogens is 282 g/mol. The summed E-state index contributed by atoms with van der Waals surface area (Å²) >= 11 is 0. The van der Waals surface area contributed by atoms with Crippen LogP contribution in [-0.4, -0.2) is 71.0 Å². The van der Waals surface area contributed by atoms with Gasteiger partial charge in [-0.3, -0.25) is 4.57 Å². The molecule has 0 saturated carbocycles. The van der Waals surface area contributed by atoms with Crippen molar-refractivity contribution in [1.29, 1.82) is 0 Å². The van der Waals surface area contributed by atoms with Crippen molar-refractivity contribution in [1.82, 2.24) is 19.5 Å². The molecular formula is C11H15N5O5. The molecule has 1 saturated heterocycles. The van der Waals surface area contributed by atoms with Gasteiger partial charge in [0.15, 0.2) is 17.7 Å². The van der Waals surface area contributed by atoms with Crippen LogP contribution in [0.5, 0.6) is 0 Å². The molecule has 2 aromatic heterocycles. The fourth-order valence-corrected chi connectivity index (χ4v) is 2.39. The van der Waals surface area contributed by atoms with Crippen molar-refractivity contribution in [2.24, 2.45) is 0 Å². The smallest absolute Gasteiger partial charge is 0.167 e. The topological polar surface area (TPSA) is 160 Å². The van der Waals surface area contributed by atoms with Crippen LogP contribution in [-0.2, 0) is 4.74 Å². The molecule has 2 aromatic rings. The van der Waals surface area contributed by atoms with Crippen LogP contribution in [0.4, 0.5) is 5.82 Å². The molecule has 0 aliphatic carbocycles. The van der Waals surface area contributed by atoms with Gasteiger partial charge in [0.1, 0.15) is 36.3 Å². The zero-order valence-corrected chi connectivity index (χ0v) is 10.8. The Labute approximate surface area is 118 Å². The Bertz CT molecular complexity index is 649. The summed E-state index contributed by atoms with van der Waals surface area (Å²) in [5.41, 5.74) is 6.35. The summed E-state index contributed by atoms with van der Waals surface area (Å²) in [6, 6.07) is 0. The maximum absolute atomic E-state index is 10.1. The van der Waals surface area contributed by atoms with Crippen LogP contribution in [0, 0.1) is 0 Å². The van der Waals surface area contributed by atoms with Crippen LogP contribution in [0.15, 0.2) is 12.7 Å². The third-order valence-electron chi connectivity index (χ3n) is 3.50. The van der Waals surface area contributed by atoms with E-state index in [2.05, 4.69) is 15.0 Å². The van der Waals surface area contributed by atoms with E-state index in [1.165, 1.54) is 17.2 Å². The molecule has 1 fully saturated rings. The van der Waals surface area contributed by atoms with Crippen molar-refractivity contribution < 1.29 is 25.2 Å². The Morgan fingerprint density at radius 2 is 2.05 bits per heavy atom. The summed E-state index contributed by atoms with van der Waals surface area (Å²) in [4.78, 5) is 11.9. The van der Waals surface area contributed by atoms with Crippen molar-refractivity contribution >= 4 is 17.0 Å². The molecule has 114 valence electrons. The average Bonchev–Trinajstić information content (AvgIpc) is 3.02. The Morgan fingerprint density at radius 3 is 2.76 bits per heavy atom. The average molecular weight is 297 g/mol. The molecule has 1 aliphatic heterocycles. The minimum Gasteiger partial charge on any atom is -0.394 e. The molecule has 5 atom stereocenters. The third-order valence-corrected chi connectivity index (χ3v) is 3.50. The molecule has 0 bridgehead atoms. The Hall–Kier alpha value is -1.85. The Balaban J connectivity index is 1.98. The van der Waals surface area contributed by atoms with Gasteiger partial charge in [-0.2, -0.15) is 0 Å². The number of nitrogens with two attached hydrogens (primary N) is 1. The Morgan fingerprint density at radius 1 is 1.29 bits per heavy atom. The number of rotatable bonds is 3. The highest BCUT2D eigenvalue weighted by Gasteiger charge is 2.47. The number of hydrogen-bond donors (Lipinski definition) is 5. The largest absolute Gasteiger partial charge is 0.394 e. The molecule has 0 amide bonds. The van der Waals surface area contributed by atoms with E-state index in [1.54, 1.807) is 0 Å². The van der Waals surface area contributed by atoms with Gasteiger partial charge in [0.25, 0.3) is 0 Å². The molecule has 1 unspecified atom stereocenters. The summed E-state index contributed by atoms with van der Waals surface area (Å²) in [6.45, 7) is -0.596. The monoisotopic (exact) mass is 297 g/mol. The first-order valence-corrected chi connectivity index (χ1v) is 6.28. The first-order chi connectivity index (χ1) is 10.0. The maximum atomic E-state index is 10.1. The highest BCUT2D eigenvalue weighted by atomic mass is 16.6. The van der Waals surface area contributed by atoms with E-state index in [1.807, 2.05) is 0 Å². The van der Waals surface area contributed by atoms with Crippen LogP contribution in [0.3, 0.4) is 0 Å². The second kappa shape index (κ2) is 5.16. The SMILES string of the molecule is Nc1ncnc2c1ncn2[C@@H]1O[C@H](C(O)CO)[C@H](O)[C@H]1O. The lowest BCUT2D eigenvalue weighted by Gasteiger charge is -2.18. The first kappa shape index (κ1) is 14.1.